The Kier molecular flexibility index (Phi) is 5.05. The van der Waals surface area contributed by atoms with Crippen LogP contribution < -0.4 is 0 Å². The van der Waals surface area contributed by atoms with Crippen LogP contribution in [0, 0.1) is 17.6 Å². The predicted octanol–water partition coefficient (Wildman–Crippen LogP) is 4.40. The molecule has 1 N–H and O–H groups in total. The first-order chi connectivity index (χ1) is 13.5. The van der Waals surface area contributed by atoms with Gasteiger partial charge < -0.3 is 5.11 Å². The third-order valence-electron chi connectivity index (χ3n) is 5.32. The molecular weight excluding hydrogens is 362 g/mol. The second-order valence-electron chi connectivity index (χ2n) is 7.17. The number of aromatic nitrogens is 1. The summed E-state index contributed by atoms with van der Waals surface area (Å²) in [4.78, 5) is 18.2. The fraction of sp³-hybridized carbons (Fsp3) is 0.273. The number of halogens is 2. The van der Waals surface area contributed by atoms with Gasteiger partial charge in [0.15, 0.2) is 0 Å². The molecule has 1 aliphatic heterocycles. The van der Waals surface area contributed by atoms with E-state index in [2.05, 4.69) is 0 Å². The summed E-state index contributed by atoms with van der Waals surface area (Å²) in [6, 6.07) is 14.3. The molecule has 0 bridgehead atoms. The number of nitrogens with zero attached hydrogens (tertiary/aromatic N) is 2. The van der Waals surface area contributed by atoms with Gasteiger partial charge in [0.1, 0.15) is 11.6 Å². The van der Waals surface area contributed by atoms with E-state index in [0.717, 1.165) is 17.0 Å². The Hall–Kier alpha value is -2.86. The molecule has 2 heterocycles. The van der Waals surface area contributed by atoms with Gasteiger partial charge in [-0.05, 0) is 37.6 Å². The Morgan fingerprint density at radius 2 is 1.96 bits per heavy atom. The molecule has 1 fully saturated rings. The van der Waals surface area contributed by atoms with Crippen molar-refractivity contribution in [2.45, 2.75) is 18.9 Å². The van der Waals surface area contributed by atoms with Crippen molar-refractivity contribution < 1.29 is 18.7 Å². The van der Waals surface area contributed by atoms with Crippen LogP contribution in [0.4, 0.5) is 8.78 Å². The van der Waals surface area contributed by atoms with Crippen LogP contribution in [0.5, 0.6) is 0 Å². The third-order valence-corrected chi connectivity index (χ3v) is 5.32. The summed E-state index contributed by atoms with van der Waals surface area (Å²) in [5.74, 6) is -2.67. The van der Waals surface area contributed by atoms with E-state index in [9.17, 15) is 18.7 Å². The molecule has 0 spiro atoms. The third kappa shape index (κ3) is 3.60. The van der Waals surface area contributed by atoms with Crippen molar-refractivity contribution in [3.8, 4) is 0 Å². The summed E-state index contributed by atoms with van der Waals surface area (Å²) in [6.45, 7) is 0.922. The number of carboxylic acid groups (broad SMARTS) is 1. The summed E-state index contributed by atoms with van der Waals surface area (Å²) in [6.07, 6.45) is 1.29. The Labute approximate surface area is 161 Å². The van der Waals surface area contributed by atoms with Crippen molar-refractivity contribution in [1.29, 1.82) is 0 Å². The fourth-order valence-electron chi connectivity index (χ4n) is 3.94. The molecule has 0 aliphatic carbocycles. The van der Waals surface area contributed by atoms with E-state index in [1.165, 1.54) is 12.1 Å². The fourth-order valence-corrected chi connectivity index (χ4v) is 3.94. The molecule has 0 saturated carbocycles. The SMILES string of the molecule is O=C(O)C1CCCN(C(c2ccc3ccccc3n2)c2ccc(F)cc2F)C1. The molecule has 1 saturated heterocycles. The van der Waals surface area contributed by atoms with Gasteiger partial charge in [0.25, 0.3) is 0 Å². The Morgan fingerprint density at radius 1 is 1.14 bits per heavy atom. The number of rotatable bonds is 4. The van der Waals surface area contributed by atoms with Crippen molar-refractivity contribution in [2.24, 2.45) is 5.92 Å². The molecule has 144 valence electrons. The molecule has 1 aliphatic rings. The van der Waals surface area contributed by atoms with Gasteiger partial charge in [0.05, 0.1) is 23.2 Å². The van der Waals surface area contributed by atoms with Gasteiger partial charge >= 0.3 is 5.97 Å². The topological polar surface area (TPSA) is 53.4 Å². The molecule has 4 rings (SSSR count). The Balaban J connectivity index is 1.81. The van der Waals surface area contributed by atoms with Crippen LogP contribution in [0.15, 0.2) is 54.6 Å². The van der Waals surface area contributed by atoms with Crippen molar-refractivity contribution in [3.63, 3.8) is 0 Å². The van der Waals surface area contributed by atoms with Crippen LogP contribution in [-0.2, 0) is 4.79 Å². The zero-order chi connectivity index (χ0) is 19.7. The van der Waals surface area contributed by atoms with E-state index in [1.807, 2.05) is 41.3 Å². The minimum Gasteiger partial charge on any atom is -0.481 e. The minimum absolute atomic E-state index is 0.297. The molecular formula is C22H20F2N2O2. The number of fused-ring (bicyclic) bond motifs is 1. The molecule has 1 aromatic heterocycles. The van der Waals surface area contributed by atoms with Crippen LogP contribution in [-0.4, -0.2) is 34.0 Å². The van der Waals surface area contributed by atoms with Gasteiger partial charge in [-0.2, -0.15) is 0 Å². The lowest BCUT2D eigenvalue weighted by Crippen LogP contribution is -2.41. The van der Waals surface area contributed by atoms with E-state index in [1.54, 1.807) is 0 Å². The van der Waals surface area contributed by atoms with Gasteiger partial charge in [0, 0.05) is 23.6 Å². The predicted molar refractivity (Wildman–Crippen MR) is 102 cm³/mol. The molecule has 2 unspecified atom stereocenters. The van der Waals surface area contributed by atoms with Gasteiger partial charge in [-0.1, -0.05) is 30.3 Å². The highest BCUT2D eigenvalue weighted by Crippen LogP contribution is 2.34. The maximum Gasteiger partial charge on any atom is 0.307 e. The summed E-state index contributed by atoms with van der Waals surface area (Å²) in [5, 5.41) is 10.4. The summed E-state index contributed by atoms with van der Waals surface area (Å²) in [7, 11) is 0. The molecule has 6 heteroatoms. The molecule has 0 amide bonds. The average molecular weight is 382 g/mol. The number of pyridine rings is 1. The first-order valence-electron chi connectivity index (χ1n) is 9.30. The number of hydrogen-bond acceptors (Lipinski definition) is 3. The van der Waals surface area contributed by atoms with E-state index >= 15 is 0 Å². The van der Waals surface area contributed by atoms with Crippen LogP contribution >= 0.6 is 0 Å². The van der Waals surface area contributed by atoms with Gasteiger partial charge in [-0.15, -0.1) is 0 Å². The normalized spacial score (nSPS) is 18.9. The lowest BCUT2D eigenvalue weighted by atomic mass is 9.93. The second kappa shape index (κ2) is 7.64. The number of carboxylic acids is 1. The number of benzene rings is 2. The van der Waals surface area contributed by atoms with Gasteiger partial charge in [-0.3, -0.25) is 14.7 Å². The van der Waals surface area contributed by atoms with E-state index < -0.39 is 29.6 Å². The van der Waals surface area contributed by atoms with Crippen LogP contribution in [0.3, 0.4) is 0 Å². The Morgan fingerprint density at radius 3 is 2.75 bits per heavy atom. The highest BCUT2D eigenvalue weighted by atomic mass is 19.1. The number of carbonyl (C=O) groups is 1. The van der Waals surface area contributed by atoms with Crippen molar-refractivity contribution >= 4 is 16.9 Å². The maximum absolute atomic E-state index is 14.7. The summed E-state index contributed by atoms with van der Waals surface area (Å²) < 4.78 is 28.2. The van der Waals surface area contributed by atoms with E-state index in [-0.39, 0.29) is 0 Å². The molecule has 2 aromatic carbocycles. The number of para-hydroxylation sites is 1. The highest BCUT2D eigenvalue weighted by Gasteiger charge is 2.33. The van der Waals surface area contributed by atoms with Crippen molar-refractivity contribution in [1.82, 2.24) is 9.88 Å². The van der Waals surface area contributed by atoms with Crippen LogP contribution in [0.2, 0.25) is 0 Å². The van der Waals surface area contributed by atoms with Gasteiger partial charge in [-0.25, -0.2) is 8.78 Å². The zero-order valence-electron chi connectivity index (χ0n) is 15.2. The monoisotopic (exact) mass is 382 g/mol. The summed E-state index contributed by atoms with van der Waals surface area (Å²) >= 11 is 0. The molecule has 2 atom stereocenters. The number of piperidine rings is 1. The quantitative estimate of drug-likeness (QED) is 0.727. The smallest absolute Gasteiger partial charge is 0.307 e. The highest BCUT2D eigenvalue weighted by molar-refractivity contribution is 5.78. The van der Waals surface area contributed by atoms with E-state index in [0.29, 0.717) is 37.2 Å². The number of aliphatic carboxylic acids is 1. The number of hydrogen-bond donors (Lipinski definition) is 1. The molecule has 4 nitrogen and oxygen atoms in total. The Bertz CT molecular complexity index is 1020. The van der Waals surface area contributed by atoms with Crippen LogP contribution in [0.1, 0.15) is 30.1 Å². The standard InChI is InChI=1S/C22H20F2N2O2/c23-16-8-9-17(18(24)12-16)21(26-11-3-5-15(13-26)22(27)28)20-10-7-14-4-1-2-6-19(14)25-20/h1-2,4,6-10,12,15,21H,3,5,11,13H2,(H,27,28). The largest absolute Gasteiger partial charge is 0.481 e. The van der Waals surface area contributed by atoms with Crippen molar-refractivity contribution in [3.05, 3.63) is 77.5 Å². The lowest BCUT2D eigenvalue weighted by Gasteiger charge is -2.37. The molecule has 0 radical (unpaired) electrons. The molecule has 28 heavy (non-hydrogen) atoms. The molecule has 3 aromatic rings. The first kappa shape index (κ1) is 18.5. The van der Waals surface area contributed by atoms with Gasteiger partial charge in [0.2, 0.25) is 0 Å². The minimum atomic E-state index is -0.852. The van der Waals surface area contributed by atoms with E-state index in [4.69, 9.17) is 4.98 Å². The first-order valence-corrected chi connectivity index (χ1v) is 9.30. The summed E-state index contributed by atoms with van der Waals surface area (Å²) in [5.41, 5.74) is 1.70. The second-order valence-corrected chi connectivity index (χ2v) is 7.17. The zero-order valence-corrected chi connectivity index (χ0v) is 15.2. The van der Waals surface area contributed by atoms with Crippen molar-refractivity contribution in [2.75, 3.05) is 13.1 Å². The maximum atomic E-state index is 14.7. The number of likely N-dealkylation sites (tertiary alicyclic amines) is 1. The average Bonchev–Trinajstić information content (AvgIpc) is 2.70. The van der Waals surface area contributed by atoms with Crippen LogP contribution in [0.25, 0.3) is 10.9 Å². The lowest BCUT2D eigenvalue weighted by molar-refractivity contribution is -0.143.